The van der Waals surface area contributed by atoms with E-state index in [1.807, 2.05) is 20.8 Å². The lowest BCUT2D eigenvalue weighted by atomic mass is 9.94. The third kappa shape index (κ3) is 5.31. The molecule has 4 unspecified atom stereocenters. The fraction of sp³-hybridized carbons (Fsp3) is 1.00. The van der Waals surface area contributed by atoms with E-state index in [9.17, 15) is 5.11 Å². The van der Waals surface area contributed by atoms with Crippen molar-refractivity contribution in [2.75, 3.05) is 5.33 Å². The van der Waals surface area contributed by atoms with E-state index in [-0.39, 0.29) is 14.5 Å². The fourth-order valence-corrected chi connectivity index (χ4v) is 3.34. The second-order valence-corrected chi connectivity index (χ2v) is 9.69. The van der Waals surface area contributed by atoms with E-state index in [0.29, 0.717) is 11.8 Å². The van der Waals surface area contributed by atoms with Gasteiger partial charge in [-0.05, 0) is 27.2 Å². The van der Waals surface area contributed by atoms with E-state index in [1.54, 1.807) is 0 Å². The molecule has 16 heavy (non-hydrogen) atoms. The van der Waals surface area contributed by atoms with Crippen LogP contribution in [0.4, 0.5) is 0 Å². The van der Waals surface area contributed by atoms with Gasteiger partial charge in [0.1, 0.15) is 0 Å². The molecule has 0 amide bonds. The van der Waals surface area contributed by atoms with Gasteiger partial charge >= 0.3 is 0 Å². The van der Waals surface area contributed by atoms with E-state index in [1.165, 1.54) is 0 Å². The highest BCUT2D eigenvalue weighted by Gasteiger charge is 2.40. The van der Waals surface area contributed by atoms with Gasteiger partial charge in [0.25, 0.3) is 0 Å². The van der Waals surface area contributed by atoms with Crippen molar-refractivity contribution in [3.63, 3.8) is 0 Å². The third-order valence-electron chi connectivity index (χ3n) is 2.57. The average Bonchev–Trinajstić information content (AvgIpc) is 2.14. The van der Waals surface area contributed by atoms with Crippen LogP contribution in [0.1, 0.15) is 27.2 Å². The first kappa shape index (κ1) is 18.0. The predicted octanol–water partition coefficient (Wildman–Crippen LogP) is 4.67. The summed E-state index contributed by atoms with van der Waals surface area (Å²) in [6.07, 6.45) is 0.0463. The number of halogens is 5. The quantitative estimate of drug-likeness (QED) is 0.567. The molecule has 0 saturated heterocycles. The molecule has 1 nitrogen and oxygen atoms in total. The van der Waals surface area contributed by atoms with Gasteiger partial charge in [-0.15, -0.1) is 23.2 Å². The van der Waals surface area contributed by atoms with Gasteiger partial charge in [0, 0.05) is 19.9 Å². The third-order valence-corrected chi connectivity index (χ3v) is 6.83. The molecule has 0 aromatic carbocycles. The second kappa shape index (κ2) is 6.95. The molecule has 0 radical (unpaired) electrons. The van der Waals surface area contributed by atoms with Gasteiger partial charge < -0.3 is 5.11 Å². The summed E-state index contributed by atoms with van der Waals surface area (Å²) < 4.78 is -0.160. The summed E-state index contributed by atoms with van der Waals surface area (Å²) in [5, 5.41) is 10.2. The van der Waals surface area contributed by atoms with E-state index in [4.69, 9.17) is 23.2 Å². The highest BCUT2D eigenvalue weighted by molar-refractivity contribution is 9.10. The van der Waals surface area contributed by atoms with Gasteiger partial charge in [0.15, 0.2) is 0 Å². The number of aliphatic hydroxyl groups excluding tert-OH is 1. The standard InChI is InChI=1S/C10H17Br3Cl2O/c1-9(2,13)7(14)4-6(12)10(3,15)8(16)5-11/h6-8,16H,4-5H2,1-3H3. The molecule has 0 saturated carbocycles. The van der Waals surface area contributed by atoms with Crippen LogP contribution >= 0.6 is 71.0 Å². The zero-order valence-electron chi connectivity index (χ0n) is 9.48. The molecule has 0 rings (SSSR count). The molecular weight excluding hydrogens is 447 g/mol. The van der Waals surface area contributed by atoms with Gasteiger partial charge in [-0.2, -0.15) is 0 Å². The maximum Gasteiger partial charge on any atom is 0.0836 e. The summed E-state index contributed by atoms with van der Waals surface area (Å²) >= 11 is 22.9. The number of aliphatic hydroxyl groups is 1. The van der Waals surface area contributed by atoms with E-state index in [2.05, 4.69) is 47.8 Å². The van der Waals surface area contributed by atoms with Crippen molar-refractivity contribution in [1.29, 1.82) is 0 Å². The molecule has 0 aromatic heterocycles. The Bertz CT molecular complexity index is 219. The molecule has 6 heteroatoms. The van der Waals surface area contributed by atoms with Crippen LogP contribution in [-0.2, 0) is 0 Å². The number of hydrogen-bond acceptors (Lipinski definition) is 1. The summed E-state index contributed by atoms with van der Waals surface area (Å²) in [5.41, 5.74) is 0. The van der Waals surface area contributed by atoms with Crippen LogP contribution in [0, 0.1) is 0 Å². The summed E-state index contributed by atoms with van der Waals surface area (Å²) in [5.74, 6) is 0. The Balaban J connectivity index is 4.52. The van der Waals surface area contributed by atoms with Crippen molar-refractivity contribution in [1.82, 2.24) is 0 Å². The molecule has 0 aliphatic rings. The highest BCUT2D eigenvalue weighted by Crippen LogP contribution is 2.38. The average molecular weight is 464 g/mol. The van der Waals surface area contributed by atoms with Crippen LogP contribution in [0.2, 0.25) is 0 Å². The van der Waals surface area contributed by atoms with Crippen LogP contribution in [0.25, 0.3) is 0 Å². The molecule has 0 bridgehead atoms. The molecule has 0 aliphatic heterocycles. The van der Waals surface area contributed by atoms with Crippen molar-refractivity contribution < 1.29 is 5.11 Å². The molecule has 0 aromatic rings. The Kier molecular flexibility index (Phi) is 7.81. The minimum atomic E-state index is -0.741. The molecule has 4 atom stereocenters. The lowest BCUT2D eigenvalue weighted by molar-refractivity contribution is 0.153. The van der Waals surface area contributed by atoms with Gasteiger partial charge in [0.05, 0.1) is 11.0 Å². The number of rotatable bonds is 6. The molecule has 0 aliphatic carbocycles. The van der Waals surface area contributed by atoms with Crippen molar-refractivity contribution >= 4 is 71.0 Å². The smallest absolute Gasteiger partial charge is 0.0836 e. The summed E-state index contributed by atoms with van der Waals surface area (Å²) in [7, 11) is 0. The van der Waals surface area contributed by atoms with Crippen LogP contribution in [-0.4, -0.2) is 35.9 Å². The van der Waals surface area contributed by atoms with Crippen LogP contribution in [0.5, 0.6) is 0 Å². The van der Waals surface area contributed by atoms with Crippen molar-refractivity contribution in [2.24, 2.45) is 0 Å². The first-order valence-corrected chi connectivity index (χ1v) is 8.58. The van der Waals surface area contributed by atoms with Gasteiger partial charge in [0.2, 0.25) is 0 Å². The van der Waals surface area contributed by atoms with Crippen molar-refractivity contribution in [3.05, 3.63) is 0 Å². The molecule has 0 heterocycles. The Morgan fingerprint density at radius 1 is 1.31 bits per heavy atom. The van der Waals surface area contributed by atoms with Crippen LogP contribution < -0.4 is 0 Å². The first-order valence-electron chi connectivity index (χ1n) is 4.93. The summed E-state index contributed by atoms with van der Waals surface area (Å²) in [4.78, 5) is -0.803. The highest BCUT2D eigenvalue weighted by atomic mass is 79.9. The van der Waals surface area contributed by atoms with Gasteiger partial charge in [-0.25, -0.2) is 0 Å². The van der Waals surface area contributed by atoms with Crippen molar-refractivity contribution in [2.45, 2.75) is 52.7 Å². The lowest BCUT2D eigenvalue weighted by Gasteiger charge is -2.35. The molecular formula is C10H17Br3Cl2O. The molecule has 0 fully saturated rings. The van der Waals surface area contributed by atoms with E-state index in [0.717, 1.165) is 0 Å². The maximum atomic E-state index is 9.81. The Hall–Kier alpha value is 1.98. The lowest BCUT2D eigenvalue weighted by Crippen LogP contribution is -2.45. The topological polar surface area (TPSA) is 20.2 Å². The maximum absolute atomic E-state index is 9.81. The van der Waals surface area contributed by atoms with E-state index < -0.39 is 11.0 Å². The minimum absolute atomic E-state index is 0.0615. The normalized spacial score (nSPS) is 22.3. The van der Waals surface area contributed by atoms with E-state index >= 15 is 0 Å². The minimum Gasteiger partial charge on any atom is -0.390 e. The van der Waals surface area contributed by atoms with Gasteiger partial charge in [-0.3, -0.25) is 0 Å². The number of hydrogen-bond donors (Lipinski definition) is 1. The zero-order chi connectivity index (χ0) is 13.1. The van der Waals surface area contributed by atoms with Crippen LogP contribution in [0.15, 0.2) is 0 Å². The summed E-state index contributed by atoms with van der Waals surface area (Å²) in [6.45, 7) is 5.83. The molecule has 98 valence electrons. The monoisotopic (exact) mass is 460 g/mol. The fourth-order valence-electron chi connectivity index (χ4n) is 1.05. The SMILES string of the molecule is CC(C)(Br)C(Cl)CC(Br)C(C)(Cl)C(O)CBr. The summed E-state index contributed by atoms with van der Waals surface area (Å²) in [6, 6.07) is 0. The van der Waals surface area contributed by atoms with Gasteiger partial charge in [-0.1, -0.05) is 47.8 Å². The zero-order valence-corrected chi connectivity index (χ0v) is 15.8. The number of alkyl halides is 5. The Labute approximate surface area is 133 Å². The van der Waals surface area contributed by atoms with Crippen molar-refractivity contribution in [3.8, 4) is 0 Å². The molecule has 0 spiro atoms. The Morgan fingerprint density at radius 2 is 1.75 bits per heavy atom. The van der Waals surface area contributed by atoms with Crippen LogP contribution in [0.3, 0.4) is 0 Å². The second-order valence-electron chi connectivity index (χ2n) is 4.56. The largest absolute Gasteiger partial charge is 0.390 e. The first-order chi connectivity index (χ1) is 7.03. The molecule has 1 N–H and O–H groups in total. The predicted molar refractivity (Wildman–Crippen MR) is 84.0 cm³/mol. The Morgan fingerprint density at radius 3 is 2.06 bits per heavy atom.